The molecule has 19 heavy (non-hydrogen) atoms. The molecule has 2 aromatic rings. The van der Waals surface area contributed by atoms with Gasteiger partial charge >= 0.3 is 0 Å². The number of aromatic nitrogens is 3. The third-order valence-corrected chi connectivity index (χ3v) is 3.74. The van der Waals surface area contributed by atoms with Gasteiger partial charge in [-0.25, -0.2) is 9.97 Å². The normalized spacial score (nSPS) is 11.1. The molecule has 2 heterocycles. The van der Waals surface area contributed by atoms with Crippen molar-refractivity contribution in [2.24, 2.45) is 0 Å². The maximum atomic E-state index is 5.60. The highest BCUT2D eigenvalue weighted by Gasteiger charge is 2.04. The molecule has 0 saturated carbocycles. The van der Waals surface area contributed by atoms with Crippen molar-refractivity contribution in [3.05, 3.63) is 28.3 Å². The Morgan fingerprint density at radius 3 is 2.89 bits per heavy atom. The average molecular weight is 279 g/mol. The summed E-state index contributed by atoms with van der Waals surface area (Å²) in [5.74, 6) is 1.06. The molecule has 0 fully saturated rings. The number of hydrogen-bond donors (Lipinski definition) is 3. The number of anilines is 1. The zero-order valence-corrected chi connectivity index (χ0v) is 12.3. The van der Waals surface area contributed by atoms with E-state index in [9.17, 15) is 0 Å². The standard InChI is InChI=1S/C13H21N5S/c1-3-12-16-9(2)11(18-12)7-15-6-4-5-10-8-19-13(14)17-10/h8,15H,3-7H2,1-2H3,(H2,14,17)(H,16,18). The maximum absolute atomic E-state index is 5.60. The highest BCUT2D eigenvalue weighted by atomic mass is 32.1. The number of rotatable bonds is 7. The minimum Gasteiger partial charge on any atom is -0.375 e. The number of aromatic amines is 1. The first-order chi connectivity index (χ1) is 9.19. The maximum Gasteiger partial charge on any atom is 0.180 e. The summed E-state index contributed by atoms with van der Waals surface area (Å²) in [6, 6.07) is 0. The molecule has 5 nitrogen and oxygen atoms in total. The second-order valence-electron chi connectivity index (χ2n) is 4.57. The van der Waals surface area contributed by atoms with Gasteiger partial charge in [0.1, 0.15) is 5.82 Å². The van der Waals surface area contributed by atoms with Crippen molar-refractivity contribution in [1.29, 1.82) is 0 Å². The van der Waals surface area contributed by atoms with Gasteiger partial charge in [-0.15, -0.1) is 11.3 Å². The van der Waals surface area contributed by atoms with Gasteiger partial charge in [0, 0.05) is 24.0 Å². The zero-order valence-electron chi connectivity index (χ0n) is 11.5. The van der Waals surface area contributed by atoms with Crippen molar-refractivity contribution < 1.29 is 0 Å². The number of thiazole rings is 1. The van der Waals surface area contributed by atoms with Gasteiger partial charge in [-0.1, -0.05) is 6.92 Å². The summed E-state index contributed by atoms with van der Waals surface area (Å²) in [4.78, 5) is 12.1. The Morgan fingerprint density at radius 2 is 2.26 bits per heavy atom. The fourth-order valence-corrected chi connectivity index (χ4v) is 2.54. The van der Waals surface area contributed by atoms with Crippen LogP contribution in [-0.2, 0) is 19.4 Å². The summed E-state index contributed by atoms with van der Waals surface area (Å²) >= 11 is 1.50. The van der Waals surface area contributed by atoms with Crippen LogP contribution in [-0.4, -0.2) is 21.5 Å². The highest BCUT2D eigenvalue weighted by Crippen LogP contribution is 2.12. The number of nitrogens with two attached hydrogens (primary N) is 1. The van der Waals surface area contributed by atoms with Crippen molar-refractivity contribution in [3.63, 3.8) is 0 Å². The molecular weight excluding hydrogens is 258 g/mol. The Balaban J connectivity index is 1.67. The van der Waals surface area contributed by atoms with Crippen LogP contribution < -0.4 is 11.1 Å². The fraction of sp³-hybridized carbons (Fsp3) is 0.538. The number of H-pyrrole nitrogens is 1. The predicted molar refractivity (Wildman–Crippen MR) is 79.3 cm³/mol. The van der Waals surface area contributed by atoms with Crippen molar-refractivity contribution in [3.8, 4) is 0 Å². The van der Waals surface area contributed by atoms with Crippen LogP contribution in [0.4, 0.5) is 5.13 Å². The lowest BCUT2D eigenvalue weighted by Crippen LogP contribution is -2.16. The number of hydrogen-bond acceptors (Lipinski definition) is 5. The lowest BCUT2D eigenvalue weighted by molar-refractivity contribution is 0.636. The van der Waals surface area contributed by atoms with E-state index in [1.165, 1.54) is 11.3 Å². The van der Waals surface area contributed by atoms with Crippen LogP contribution >= 0.6 is 11.3 Å². The van der Waals surface area contributed by atoms with Crippen LogP contribution in [0.1, 0.15) is 36.3 Å². The van der Waals surface area contributed by atoms with Gasteiger partial charge in [0.2, 0.25) is 0 Å². The summed E-state index contributed by atoms with van der Waals surface area (Å²) in [5, 5.41) is 6.10. The van der Waals surface area contributed by atoms with Crippen LogP contribution in [0.2, 0.25) is 0 Å². The molecule has 0 aliphatic rings. The van der Waals surface area contributed by atoms with Crippen LogP contribution in [0, 0.1) is 6.92 Å². The zero-order chi connectivity index (χ0) is 13.7. The highest BCUT2D eigenvalue weighted by molar-refractivity contribution is 7.13. The third kappa shape index (κ3) is 4.04. The molecule has 0 aromatic carbocycles. The number of nitrogens with one attached hydrogen (secondary N) is 2. The second kappa shape index (κ2) is 6.68. The molecule has 0 spiro atoms. The summed E-state index contributed by atoms with van der Waals surface area (Å²) in [5.41, 5.74) is 8.97. The largest absolute Gasteiger partial charge is 0.375 e. The Bertz CT molecular complexity index is 517. The average Bonchev–Trinajstić information content (AvgIpc) is 2.96. The summed E-state index contributed by atoms with van der Waals surface area (Å²) in [6.07, 6.45) is 2.99. The molecule has 0 amide bonds. The fourth-order valence-electron chi connectivity index (χ4n) is 1.94. The van der Waals surface area contributed by atoms with Crippen molar-refractivity contribution in [2.45, 2.75) is 39.7 Å². The van der Waals surface area contributed by atoms with Gasteiger partial charge in [-0.3, -0.25) is 0 Å². The van der Waals surface area contributed by atoms with E-state index >= 15 is 0 Å². The lowest BCUT2D eigenvalue weighted by Gasteiger charge is -2.02. The smallest absolute Gasteiger partial charge is 0.180 e. The van der Waals surface area contributed by atoms with E-state index in [0.29, 0.717) is 5.13 Å². The molecule has 4 N–H and O–H groups in total. The number of imidazole rings is 1. The van der Waals surface area contributed by atoms with E-state index in [1.807, 2.05) is 5.38 Å². The first kappa shape index (κ1) is 14.0. The number of nitrogens with zero attached hydrogens (tertiary/aromatic N) is 2. The molecule has 0 saturated heterocycles. The van der Waals surface area contributed by atoms with Gasteiger partial charge in [0.15, 0.2) is 5.13 Å². The predicted octanol–water partition coefficient (Wildman–Crippen LogP) is 2.04. The van der Waals surface area contributed by atoms with E-state index < -0.39 is 0 Å². The van der Waals surface area contributed by atoms with Crippen molar-refractivity contribution >= 4 is 16.5 Å². The summed E-state index contributed by atoms with van der Waals surface area (Å²) in [7, 11) is 0. The molecule has 0 aliphatic heterocycles. The van der Waals surface area contributed by atoms with Crippen LogP contribution in [0.5, 0.6) is 0 Å². The third-order valence-electron chi connectivity index (χ3n) is 3.02. The second-order valence-corrected chi connectivity index (χ2v) is 5.46. The van der Waals surface area contributed by atoms with Crippen molar-refractivity contribution in [2.75, 3.05) is 12.3 Å². The first-order valence-corrected chi connectivity index (χ1v) is 7.52. The van der Waals surface area contributed by atoms with Gasteiger partial charge in [-0.2, -0.15) is 0 Å². The minimum atomic E-state index is 0.655. The Labute approximate surface area is 117 Å². The summed E-state index contributed by atoms with van der Waals surface area (Å²) in [6.45, 7) is 5.96. The lowest BCUT2D eigenvalue weighted by atomic mass is 10.2. The minimum absolute atomic E-state index is 0.655. The quantitative estimate of drug-likeness (QED) is 0.678. The van der Waals surface area contributed by atoms with Gasteiger partial charge in [0.05, 0.1) is 11.4 Å². The molecule has 0 radical (unpaired) electrons. The van der Waals surface area contributed by atoms with Gasteiger partial charge in [0.25, 0.3) is 0 Å². The Morgan fingerprint density at radius 1 is 1.42 bits per heavy atom. The first-order valence-electron chi connectivity index (χ1n) is 6.64. The molecule has 2 rings (SSSR count). The Kier molecular flexibility index (Phi) is 4.93. The Hall–Kier alpha value is -1.40. The molecule has 2 aromatic heterocycles. The van der Waals surface area contributed by atoms with Gasteiger partial charge in [-0.05, 0) is 26.3 Å². The number of aryl methyl sites for hydroxylation is 3. The molecule has 0 atom stereocenters. The molecule has 0 aliphatic carbocycles. The van der Waals surface area contributed by atoms with Crippen LogP contribution in [0.15, 0.2) is 5.38 Å². The molecule has 6 heteroatoms. The van der Waals surface area contributed by atoms with E-state index in [2.05, 4.69) is 34.1 Å². The van der Waals surface area contributed by atoms with E-state index in [-0.39, 0.29) is 0 Å². The van der Waals surface area contributed by atoms with E-state index in [1.54, 1.807) is 0 Å². The SMILES string of the molecule is CCc1nc(CNCCCc2csc(N)n2)c(C)[nH]1. The number of nitrogen functional groups attached to an aromatic ring is 1. The van der Waals surface area contributed by atoms with Crippen molar-refractivity contribution in [1.82, 2.24) is 20.3 Å². The van der Waals surface area contributed by atoms with Crippen LogP contribution in [0.25, 0.3) is 0 Å². The molecule has 0 bridgehead atoms. The molecule has 104 valence electrons. The summed E-state index contributed by atoms with van der Waals surface area (Å²) < 4.78 is 0. The van der Waals surface area contributed by atoms with E-state index in [4.69, 9.17) is 5.73 Å². The van der Waals surface area contributed by atoms with Gasteiger partial charge < -0.3 is 16.0 Å². The monoisotopic (exact) mass is 279 g/mol. The van der Waals surface area contributed by atoms with E-state index in [0.717, 1.165) is 55.3 Å². The topological polar surface area (TPSA) is 79.6 Å². The molecule has 0 unspecified atom stereocenters. The molecular formula is C13H21N5S. The van der Waals surface area contributed by atoms with Crippen LogP contribution in [0.3, 0.4) is 0 Å².